The van der Waals surface area contributed by atoms with Gasteiger partial charge in [0, 0.05) is 45.3 Å². The van der Waals surface area contributed by atoms with Gasteiger partial charge in [0.1, 0.15) is 0 Å². The number of halogens is 1. The van der Waals surface area contributed by atoms with Crippen LogP contribution in [0.5, 0.6) is 0 Å². The summed E-state index contributed by atoms with van der Waals surface area (Å²) < 4.78 is 0. The number of anilines is 1. The quantitative estimate of drug-likeness (QED) is 0.315. The summed E-state index contributed by atoms with van der Waals surface area (Å²) in [5.74, 6) is 0.837. The van der Waals surface area contributed by atoms with E-state index in [4.69, 9.17) is 0 Å². The first-order chi connectivity index (χ1) is 12.6. The van der Waals surface area contributed by atoms with Gasteiger partial charge in [-0.15, -0.1) is 24.0 Å². The fourth-order valence-electron chi connectivity index (χ4n) is 3.29. The maximum atomic E-state index is 11.0. The van der Waals surface area contributed by atoms with Gasteiger partial charge in [-0.25, -0.2) is 0 Å². The number of amides is 1. The van der Waals surface area contributed by atoms with Crippen molar-refractivity contribution in [1.82, 2.24) is 15.5 Å². The van der Waals surface area contributed by atoms with Crippen molar-refractivity contribution in [2.45, 2.75) is 45.6 Å². The first-order valence-corrected chi connectivity index (χ1v) is 9.66. The first-order valence-electron chi connectivity index (χ1n) is 9.66. The van der Waals surface area contributed by atoms with Crippen LogP contribution >= 0.6 is 24.0 Å². The molecule has 2 rings (SSSR count). The second-order valence-electron chi connectivity index (χ2n) is 6.89. The Hall–Kier alpha value is -1.35. The zero-order chi connectivity index (χ0) is 18.8. The van der Waals surface area contributed by atoms with Crippen LogP contribution < -0.4 is 16.0 Å². The second kappa shape index (κ2) is 12.9. The Morgan fingerprint density at radius 2 is 1.89 bits per heavy atom. The average Bonchev–Trinajstić information content (AvgIpc) is 2.63. The summed E-state index contributed by atoms with van der Waals surface area (Å²) in [6.45, 7) is 8.13. The number of carbonyl (C=O) groups excluding carboxylic acids is 1. The van der Waals surface area contributed by atoms with Crippen molar-refractivity contribution in [3.63, 3.8) is 0 Å². The molecular weight excluding hydrogens is 453 g/mol. The van der Waals surface area contributed by atoms with Crippen molar-refractivity contribution >= 4 is 41.5 Å². The number of piperidine rings is 1. The number of hydrogen-bond acceptors (Lipinski definition) is 3. The molecule has 1 saturated heterocycles. The Balaban J connectivity index is 0.00000364. The summed E-state index contributed by atoms with van der Waals surface area (Å²) in [5.41, 5.74) is 2.07. The Kier molecular flexibility index (Phi) is 11.3. The molecule has 1 amide bonds. The predicted octanol–water partition coefficient (Wildman–Crippen LogP) is 2.84. The van der Waals surface area contributed by atoms with E-state index >= 15 is 0 Å². The maximum absolute atomic E-state index is 11.0. The lowest BCUT2D eigenvalue weighted by Crippen LogP contribution is -2.49. The Morgan fingerprint density at radius 1 is 1.22 bits per heavy atom. The number of likely N-dealkylation sites (tertiary alicyclic amines) is 1. The first kappa shape index (κ1) is 23.7. The van der Waals surface area contributed by atoms with E-state index in [1.807, 2.05) is 31.3 Å². The molecule has 1 heterocycles. The molecule has 0 aromatic heterocycles. The van der Waals surface area contributed by atoms with Crippen molar-refractivity contribution in [3.05, 3.63) is 29.8 Å². The minimum Gasteiger partial charge on any atom is -0.356 e. The molecule has 0 aliphatic carbocycles. The monoisotopic (exact) mass is 487 g/mol. The maximum Gasteiger partial charge on any atom is 0.221 e. The average molecular weight is 487 g/mol. The van der Waals surface area contributed by atoms with Crippen LogP contribution in [0, 0.1) is 0 Å². The van der Waals surface area contributed by atoms with Gasteiger partial charge in [0.15, 0.2) is 5.96 Å². The highest BCUT2D eigenvalue weighted by Crippen LogP contribution is 2.11. The van der Waals surface area contributed by atoms with Crippen molar-refractivity contribution in [3.8, 4) is 0 Å². The van der Waals surface area contributed by atoms with E-state index in [0.717, 1.165) is 24.6 Å². The molecule has 7 heteroatoms. The number of nitrogens with zero attached hydrogens (tertiary/aromatic N) is 2. The third-order valence-corrected chi connectivity index (χ3v) is 4.67. The van der Waals surface area contributed by atoms with Gasteiger partial charge in [-0.3, -0.25) is 9.79 Å². The Labute approximate surface area is 180 Å². The van der Waals surface area contributed by atoms with E-state index < -0.39 is 0 Å². The molecule has 3 N–H and O–H groups in total. The minimum absolute atomic E-state index is 0. The summed E-state index contributed by atoms with van der Waals surface area (Å²) in [5, 5.41) is 9.74. The number of guanidine groups is 1. The molecule has 0 unspecified atom stereocenters. The lowest BCUT2D eigenvalue weighted by molar-refractivity contribution is -0.114. The van der Waals surface area contributed by atoms with Crippen LogP contribution in [-0.4, -0.2) is 56.0 Å². The van der Waals surface area contributed by atoms with E-state index in [0.29, 0.717) is 6.04 Å². The predicted molar refractivity (Wildman–Crippen MR) is 124 cm³/mol. The number of rotatable bonds is 7. The lowest BCUT2D eigenvalue weighted by Gasteiger charge is -2.32. The van der Waals surface area contributed by atoms with Crippen LogP contribution in [-0.2, 0) is 11.2 Å². The van der Waals surface area contributed by atoms with Crippen LogP contribution in [0.2, 0.25) is 0 Å². The number of benzene rings is 1. The van der Waals surface area contributed by atoms with Crippen molar-refractivity contribution < 1.29 is 4.79 Å². The van der Waals surface area contributed by atoms with E-state index in [-0.39, 0.29) is 29.9 Å². The Bertz CT molecular complexity index is 583. The van der Waals surface area contributed by atoms with E-state index in [2.05, 4.69) is 32.8 Å². The molecule has 1 aromatic rings. The molecule has 0 radical (unpaired) electrons. The van der Waals surface area contributed by atoms with Gasteiger partial charge in [-0.2, -0.15) is 0 Å². The van der Waals surface area contributed by atoms with Crippen LogP contribution in [0.3, 0.4) is 0 Å². The molecule has 1 aliphatic rings. The number of hydrogen-bond donors (Lipinski definition) is 3. The lowest BCUT2D eigenvalue weighted by atomic mass is 10.1. The molecule has 6 nitrogen and oxygen atoms in total. The highest BCUT2D eigenvalue weighted by atomic mass is 127. The molecule has 0 bridgehead atoms. The standard InChI is InChI=1S/C20H33N5O.HI/c1-4-13-25-14-10-19(11-15-25)24-20(21-3)22-12-9-17-5-7-18(8-6-17)23-16(2)26;/h5-8,19H,4,9-15H2,1-3H3,(H,23,26)(H2,21,22,24);1H. The SMILES string of the molecule is CCCN1CCC(NC(=NC)NCCc2ccc(NC(C)=O)cc2)CC1.I. The fraction of sp³-hybridized carbons (Fsp3) is 0.600. The van der Waals surface area contributed by atoms with Gasteiger partial charge in [-0.1, -0.05) is 19.1 Å². The molecule has 1 aromatic carbocycles. The third kappa shape index (κ3) is 8.92. The van der Waals surface area contributed by atoms with Gasteiger partial charge in [-0.05, 0) is 49.9 Å². The summed E-state index contributed by atoms with van der Waals surface area (Å²) in [4.78, 5) is 17.9. The zero-order valence-corrected chi connectivity index (χ0v) is 19.1. The summed E-state index contributed by atoms with van der Waals surface area (Å²) in [6.07, 6.45) is 4.49. The number of nitrogens with one attached hydrogen (secondary N) is 3. The van der Waals surface area contributed by atoms with Gasteiger partial charge in [0.2, 0.25) is 5.91 Å². The Morgan fingerprint density at radius 3 is 2.44 bits per heavy atom. The normalized spacial score (nSPS) is 15.7. The molecule has 27 heavy (non-hydrogen) atoms. The second-order valence-corrected chi connectivity index (χ2v) is 6.89. The summed E-state index contributed by atoms with van der Waals surface area (Å²) in [7, 11) is 1.82. The van der Waals surface area contributed by atoms with Crippen molar-refractivity contribution in [2.24, 2.45) is 4.99 Å². The highest BCUT2D eigenvalue weighted by Gasteiger charge is 2.19. The van der Waals surface area contributed by atoms with Crippen LogP contribution in [0.15, 0.2) is 29.3 Å². The van der Waals surface area contributed by atoms with Crippen LogP contribution in [0.25, 0.3) is 0 Å². The molecule has 1 aliphatic heterocycles. The van der Waals surface area contributed by atoms with E-state index in [1.165, 1.54) is 51.4 Å². The zero-order valence-electron chi connectivity index (χ0n) is 16.8. The highest BCUT2D eigenvalue weighted by molar-refractivity contribution is 14.0. The topological polar surface area (TPSA) is 68.8 Å². The largest absolute Gasteiger partial charge is 0.356 e. The van der Waals surface area contributed by atoms with Gasteiger partial charge >= 0.3 is 0 Å². The van der Waals surface area contributed by atoms with Crippen molar-refractivity contribution in [1.29, 1.82) is 0 Å². The van der Waals surface area contributed by atoms with E-state index in [9.17, 15) is 4.79 Å². The van der Waals surface area contributed by atoms with Gasteiger partial charge in [0.05, 0.1) is 0 Å². The fourth-order valence-corrected chi connectivity index (χ4v) is 3.29. The molecule has 0 saturated carbocycles. The van der Waals surface area contributed by atoms with Gasteiger partial charge < -0.3 is 20.9 Å². The molecule has 152 valence electrons. The van der Waals surface area contributed by atoms with E-state index in [1.54, 1.807) is 0 Å². The van der Waals surface area contributed by atoms with Gasteiger partial charge in [0.25, 0.3) is 0 Å². The molecule has 0 spiro atoms. The van der Waals surface area contributed by atoms with Crippen molar-refractivity contribution in [2.75, 3.05) is 38.5 Å². The summed E-state index contributed by atoms with van der Waals surface area (Å²) in [6, 6.07) is 8.48. The van der Waals surface area contributed by atoms with Crippen LogP contribution in [0.1, 0.15) is 38.7 Å². The smallest absolute Gasteiger partial charge is 0.221 e. The van der Waals surface area contributed by atoms with Crippen LogP contribution in [0.4, 0.5) is 5.69 Å². The minimum atomic E-state index is -0.0465. The number of aliphatic imine (C=N–C) groups is 1. The molecule has 1 fully saturated rings. The molecule has 0 atom stereocenters. The molecular formula is C20H34IN5O. The number of carbonyl (C=O) groups is 1. The third-order valence-electron chi connectivity index (χ3n) is 4.67. The summed E-state index contributed by atoms with van der Waals surface area (Å²) >= 11 is 0.